The third-order valence-electron chi connectivity index (χ3n) is 4.84. The number of carbonyl (C=O) groups excluding carboxylic acids is 3. The first-order valence-electron chi connectivity index (χ1n) is 9.34. The fraction of sp³-hybridized carbons (Fsp3) is 0.381. The van der Waals surface area contributed by atoms with Crippen molar-refractivity contribution >= 4 is 28.7 Å². The lowest BCUT2D eigenvalue weighted by atomic mass is 9.96. The van der Waals surface area contributed by atoms with Crippen LogP contribution < -0.4 is 10.6 Å². The topological polar surface area (TPSA) is 84.5 Å². The van der Waals surface area contributed by atoms with E-state index < -0.39 is 24.0 Å². The summed E-state index contributed by atoms with van der Waals surface area (Å²) in [5.41, 5.74) is 0.388. The standard InChI is InChI=1S/C21H24N2O4/c1-14(19(24)23-21(26)22-16-10-3-2-4-11-16)27-20(25)18-13-7-9-15-8-5-6-12-17(15)18/h5-9,12-14,16H,2-4,10-11H2,1H3,(H2,22,23,24,26)/t14-/m0/s1. The van der Waals surface area contributed by atoms with Crippen molar-refractivity contribution in [3.8, 4) is 0 Å². The Labute approximate surface area is 158 Å². The Balaban J connectivity index is 1.57. The van der Waals surface area contributed by atoms with Crippen LogP contribution in [0.3, 0.4) is 0 Å². The van der Waals surface area contributed by atoms with Gasteiger partial charge in [-0.2, -0.15) is 0 Å². The molecule has 142 valence electrons. The molecule has 0 spiro atoms. The Kier molecular flexibility index (Phi) is 6.06. The summed E-state index contributed by atoms with van der Waals surface area (Å²) in [6.07, 6.45) is 4.12. The molecule has 0 bridgehead atoms. The quantitative estimate of drug-likeness (QED) is 0.809. The van der Waals surface area contributed by atoms with Gasteiger partial charge in [0.05, 0.1) is 5.56 Å². The van der Waals surface area contributed by atoms with Crippen molar-refractivity contribution in [1.29, 1.82) is 0 Å². The van der Waals surface area contributed by atoms with E-state index in [0.29, 0.717) is 5.56 Å². The van der Waals surface area contributed by atoms with Crippen LogP contribution in [0.1, 0.15) is 49.4 Å². The molecule has 0 radical (unpaired) electrons. The summed E-state index contributed by atoms with van der Waals surface area (Å²) in [4.78, 5) is 36.6. The Hall–Kier alpha value is -2.89. The summed E-state index contributed by atoms with van der Waals surface area (Å²) in [6.45, 7) is 1.45. The van der Waals surface area contributed by atoms with Crippen LogP contribution in [0, 0.1) is 0 Å². The number of benzene rings is 2. The van der Waals surface area contributed by atoms with Crippen molar-refractivity contribution in [2.24, 2.45) is 0 Å². The van der Waals surface area contributed by atoms with E-state index in [1.807, 2.05) is 30.3 Å². The summed E-state index contributed by atoms with van der Waals surface area (Å²) in [6, 6.07) is 12.3. The second-order valence-corrected chi connectivity index (χ2v) is 6.87. The number of amides is 3. The van der Waals surface area contributed by atoms with Gasteiger partial charge in [0.2, 0.25) is 0 Å². The van der Waals surface area contributed by atoms with Gasteiger partial charge in [0.15, 0.2) is 6.10 Å². The monoisotopic (exact) mass is 368 g/mol. The summed E-state index contributed by atoms with van der Waals surface area (Å²) < 4.78 is 5.27. The molecule has 1 saturated carbocycles. The van der Waals surface area contributed by atoms with Gasteiger partial charge in [0, 0.05) is 6.04 Å². The molecule has 2 N–H and O–H groups in total. The number of urea groups is 1. The van der Waals surface area contributed by atoms with Crippen LogP contribution in [-0.2, 0) is 9.53 Å². The molecule has 1 fully saturated rings. The van der Waals surface area contributed by atoms with Crippen LogP contribution in [0.25, 0.3) is 10.8 Å². The molecule has 0 heterocycles. The van der Waals surface area contributed by atoms with Crippen molar-refractivity contribution in [3.05, 3.63) is 48.0 Å². The van der Waals surface area contributed by atoms with Crippen LogP contribution in [0.15, 0.2) is 42.5 Å². The first kappa shape index (κ1) is 18.9. The first-order valence-corrected chi connectivity index (χ1v) is 9.34. The Morgan fingerprint density at radius 3 is 2.48 bits per heavy atom. The number of rotatable bonds is 4. The van der Waals surface area contributed by atoms with Crippen LogP contribution in [0.4, 0.5) is 4.79 Å². The highest BCUT2D eigenvalue weighted by Gasteiger charge is 2.23. The zero-order chi connectivity index (χ0) is 19.2. The van der Waals surface area contributed by atoms with E-state index >= 15 is 0 Å². The average Bonchev–Trinajstić information content (AvgIpc) is 2.68. The van der Waals surface area contributed by atoms with Gasteiger partial charge in [-0.15, -0.1) is 0 Å². The molecular weight excluding hydrogens is 344 g/mol. The smallest absolute Gasteiger partial charge is 0.339 e. The first-order chi connectivity index (χ1) is 13.0. The molecule has 6 nitrogen and oxygen atoms in total. The minimum atomic E-state index is -1.08. The van der Waals surface area contributed by atoms with Crippen molar-refractivity contribution in [1.82, 2.24) is 10.6 Å². The van der Waals surface area contributed by atoms with E-state index in [4.69, 9.17) is 4.74 Å². The van der Waals surface area contributed by atoms with Crippen LogP contribution >= 0.6 is 0 Å². The maximum Gasteiger partial charge on any atom is 0.339 e. The zero-order valence-electron chi connectivity index (χ0n) is 15.4. The Morgan fingerprint density at radius 1 is 1.00 bits per heavy atom. The number of ether oxygens (including phenoxy) is 1. The van der Waals surface area contributed by atoms with E-state index in [9.17, 15) is 14.4 Å². The van der Waals surface area contributed by atoms with Gasteiger partial charge in [-0.05, 0) is 36.6 Å². The molecule has 1 aliphatic rings. The number of imide groups is 1. The molecule has 6 heteroatoms. The Morgan fingerprint density at radius 2 is 1.70 bits per heavy atom. The van der Waals surface area contributed by atoms with Crippen molar-refractivity contribution in [2.75, 3.05) is 0 Å². The van der Waals surface area contributed by atoms with E-state index in [1.54, 1.807) is 12.1 Å². The molecule has 0 saturated heterocycles. The molecule has 1 aliphatic carbocycles. The lowest BCUT2D eigenvalue weighted by molar-refractivity contribution is -0.127. The minimum absolute atomic E-state index is 0.0973. The van der Waals surface area contributed by atoms with Gasteiger partial charge in [-0.25, -0.2) is 9.59 Å². The minimum Gasteiger partial charge on any atom is -0.449 e. The van der Waals surface area contributed by atoms with Gasteiger partial charge in [-0.3, -0.25) is 10.1 Å². The van der Waals surface area contributed by atoms with E-state index in [1.165, 1.54) is 13.3 Å². The van der Waals surface area contributed by atoms with Crippen LogP contribution in [0.5, 0.6) is 0 Å². The van der Waals surface area contributed by atoms with Gasteiger partial charge >= 0.3 is 12.0 Å². The highest BCUT2D eigenvalue weighted by atomic mass is 16.5. The fourth-order valence-corrected chi connectivity index (χ4v) is 3.36. The molecule has 2 aromatic rings. The summed E-state index contributed by atoms with van der Waals surface area (Å²) >= 11 is 0. The van der Waals surface area contributed by atoms with Gasteiger partial charge in [0.1, 0.15) is 0 Å². The lowest BCUT2D eigenvalue weighted by Crippen LogP contribution is -2.48. The zero-order valence-corrected chi connectivity index (χ0v) is 15.4. The van der Waals surface area contributed by atoms with Gasteiger partial charge < -0.3 is 10.1 Å². The number of hydrogen-bond donors (Lipinski definition) is 2. The lowest BCUT2D eigenvalue weighted by Gasteiger charge is -2.23. The molecule has 0 aliphatic heterocycles. The van der Waals surface area contributed by atoms with Crippen molar-refractivity contribution in [3.63, 3.8) is 0 Å². The Bertz CT molecular complexity index is 838. The predicted octanol–water partition coefficient (Wildman–Crippen LogP) is 3.54. The number of carbonyl (C=O) groups is 3. The maximum atomic E-state index is 12.5. The molecule has 0 unspecified atom stereocenters. The van der Waals surface area contributed by atoms with E-state index in [2.05, 4.69) is 10.6 Å². The molecule has 1 atom stereocenters. The molecule has 0 aromatic heterocycles. The second kappa shape index (κ2) is 8.66. The maximum absolute atomic E-state index is 12.5. The van der Waals surface area contributed by atoms with Crippen LogP contribution in [0.2, 0.25) is 0 Å². The number of nitrogens with one attached hydrogen (secondary N) is 2. The average molecular weight is 368 g/mol. The number of esters is 1. The van der Waals surface area contributed by atoms with Gasteiger partial charge in [0.25, 0.3) is 5.91 Å². The largest absolute Gasteiger partial charge is 0.449 e. The highest BCUT2D eigenvalue weighted by molar-refractivity contribution is 6.05. The van der Waals surface area contributed by atoms with Crippen molar-refractivity contribution in [2.45, 2.75) is 51.2 Å². The fourth-order valence-electron chi connectivity index (χ4n) is 3.36. The summed E-state index contributed by atoms with van der Waals surface area (Å²) in [7, 11) is 0. The molecule has 3 amide bonds. The molecular formula is C21H24N2O4. The second-order valence-electron chi connectivity index (χ2n) is 6.87. The molecule has 2 aromatic carbocycles. The third kappa shape index (κ3) is 4.84. The number of fused-ring (bicyclic) bond motifs is 1. The third-order valence-corrected chi connectivity index (χ3v) is 4.84. The van der Waals surface area contributed by atoms with E-state index in [0.717, 1.165) is 36.5 Å². The highest BCUT2D eigenvalue weighted by Crippen LogP contribution is 2.20. The van der Waals surface area contributed by atoms with Crippen molar-refractivity contribution < 1.29 is 19.1 Å². The normalized spacial score (nSPS) is 15.7. The molecule has 3 rings (SSSR count). The molecule has 27 heavy (non-hydrogen) atoms. The summed E-state index contributed by atoms with van der Waals surface area (Å²) in [5, 5.41) is 6.73. The van der Waals surface area contributed by atoms with E-state index in [-0.39, 0.29) is 6.04 Å². The number of hydrogen-bond acceptors (Lipinski definition) is 4. The van der Waals surface area contributed by atoms with Crippen LogP contribution in [-0.4, -0.2) is 30.1 Å². The van der Waals surface area contributed by atoms with Gasteiger partial charge in [-0.1, -0.05) is 55.7 Å². The summed E-state index contributed by atoms with van der Waals surface area (Å²) in [5.74, 6) is -1.24. The SMILES string of the molecule is C[C@H](OC(=O)c1cccc2ccccc12)C(=O)NC(=O)NC1CCCCC1. The predicted molar refractivity (Wildman–Crippen MR) is 102 cm³/mol.